The molecule has 0 N–H and O–H groups in total. The molecule has 0 aliphatic heterocycles. The van der Waals surface area contributed by atoms with Crippen molar-refractivity contribution < 1.29 is 4.79 Å². The van der Waals surface area contributed by atoms with Crippen molar-refractivity contribution in [1.82, 2.24) is 4.90 Å². The zero-order valence-corrected chi connectivity index (χ0v) is 18.8. The predicted octanol–water partition coefficient (Wildman–Crippen LogP) is 7.90. The van der Waals surface area contributed by atoms with Crippen molar-refractivity contribution in [1.29, 1.82) is 0 Å². The first-order chi connectivity index (χ1) is 13.3. The van der Waals surface area contributed by atoms with E-state index in [9.17, 15) is 4.79 Å². The number of hydrogen-bond donors (Lipinski definition) is 0. The van der Waals surface area contributed by atoms with E-state index in [0.717, 1.165) is 25.9 Å². The molecule has 27 heavy (non-hydrogen) atoms. The average molecular weight is 380 g/mol. The van der Waals surface area contributed by atoms with E-state index < -0.39 is 0 Å². The van der Waals surface area contributed by atoms with Crippen LogP contribution in [-0.4, -0.2) is 23.9 Å². The summed E-state index contributed by atoms with van der Waals surface area (Å²) in [7, 11) is 0. The molecule has 0 radical (unpaired) electrons. The maximum Gasteiger partial charge on any atom is 0.225 e. The Bertz CT molecular complexity index is 317. The van der Waals surface area contributed by atoms with Crippen LogP contribution in [0, 0.1) is 5.92 Å². The zero-order chi connectivity index (χ0) is 19.6. The Balaban J connectivity index is 2.26. The van der Waals surface area contributed by atoms with Crippen LogP contribution in [0.5, 0.6) is 0 Å². The molecule has 1 rings (SSSR count). The third kappa shape index (κ3) is 12.5. The molecule has 1 amide bonds. The third-order valence-corrected chi connectivity index (χ3v) is 6.33. The molecule has 0 saturated heterocycles. The molecule has 2 heteroatoms. The van der Waals surface area contributed by atoms with Crippen LogP contribution in [0.2, 0.25) is 0 Å². The second-order valence-corrected chi connectivity index (χ2v) is 8.90. The molecular formula is C25H49NO. The molecule has 1 fully saturated rings. The van der Waals surface area contributed by atoms with Gasteiger partial charge in [-0.2, -0.15) is 0 Å². The Morgan fingerprint density at radius 2 is 1.04 bits per heavy atom. The minimum absolute atomic E-state index is 0.341. The number of unbranched alkanes of at least 4 members (excludes halogenated alkanes) is 12. The summed E-state index contributed by atoms with van der Waals surface area (Å²) in [6.07, 6.45) is 24.8. The van der Waals surface area contributed by atoms with Gasteiger partial charge in [-0.3, -0.25) is 4.79 Å². The lowest BCUT2D eigenvalue weighted by Crippen LogP contribution is -2.38. The Kier molecular flexibility index (Phi) is 15.9. The minimum atomic E-state index is 0.341. The summed E-state index contributed by atoms with van der Waals surface area (Å²) in [5.74, 6) is 0.833. The molecular weight excluding hydrogens is 330 g/mol. The van der Waals surface area contributed by atoms with Gasteiger partial charge in [0, 0.05) is 19.0 Å². The molecule has 1 aliphatic rings. The Morgan fingerprint density at radius 1 is 0.630 bits per heavy atom. The van der Waals surface area contributed by atoms with Gasteiger partial charge in [0.15, 0.2) is 0 Å². The van der Waals surface area contributed by atoms with Gasteiger partial charge in [-0.25, -0.2) is 0 Å². The van der Waals surface area contributed by atoms with Gasteiger partial charge in [-0.05, 0) is 25.7 Å². The first-order valence-corrected chi connectivity index (χ1v) is 12.6. The van der Waals surface area contributed by atoms with Crippen LogP contribution in [0.25, 0.3) is 0 Å². The van der Waals surface area contributed by atoms with Gasteiger partial charge >= 0.3 is 0 Å². The van der Waals surface area contributed by atoms with Crippen molar-refractivity contribution in [2.45, 2.75) is 136 Å². The van der Waals surface area contributed by atoms with Gasteiger partial charge in [-0.1, -0.05) is 110 Å². The highest BCUT2D eigenvalue weighted by Crippen LogP contribution is 2.26. The molecule has 160 valence electrons. The summed E-state index contributed by atoms with van der Waals surface area (Å²) in [4.78, 5) is 15.3. The van der Waals surface area contributed by atoms with Gasteiger partial charge < -0.3 is 4.90 Å². The van der Waals surface area contributed by atoms with Crippen LogP contribution in [-0.2, 0) is 4.79 Å². The highest BCUT2D eigenvalue weighted by Gasteiger charge is 2.25. The molecule has 0 aromatic rings. The summed E-state index contributed by atoms with van der Waals surface area (Å²) in [6, 6.07) is 0. The average Bonchev–Trinajstić information content (AvgIpc) is 2.71. The smallest absolute Gasteiger partial charge is 0.225 e. The summed E-state index contributed by atoms with van der Waals surface area (Å²) < 4.78 is 0. The maximum absolute atomic E-state index is 13.0. The monoisotopic (exact) mass is 379 g/mol. The normalized spacial score (nSPS) is 15.2. The maximum atomic E-state index is 13.0. The van der Waals surface area contributed by atoms with Crippen molar-refractivity contribution in [3.8, 4) is 0 Å². The van der Waals surface area contributed by atoms with Crippen molar-refractivity contribution in [2.75, 3.05) is 13.1 Å². The summed E-state index contributed by atoms with van der Waals surface area (Å²) >= 11 is 0. The summed E-state index contributed by atoms with van der Waals surface area (Å²) in [5, 5.41) is 0. The molecule has 0 bridgehead atoms. The molecule has 2 nitrogen and oxygen atoms in total. The standard InChI is InChI=1S/C25H49NO/c1-3-5-7-9-11-13-18-22-26(23-19-14-12-10-8-6-4-2)25(27)24-20-16-15-17-21-24/h24H,3-23H2,1-2H3. The van der Waals surface area contributed by atoms with Crippen LogP contribution in [0.1, 0.15) is 136 Å². The van der Waals surface area contributed by atoms with E-state index >= 15 is 0 Å². The topological polar surface area (TPSA) is 20.3 Å². The second-order valence-electron chi connectivity index (χ2n) is 8.90. The largest absolute Gasteiger partial charge is 0.342 e. The van der Waals surface area contributed by atoms with Gasteiger partial charge in [0.25, 0.3) is 0 Å². The molecule has 1 saturated carbocycles. The van der Waals surface area contributed by atoms with E-state index in [1.54, 1.807) is 0 Å². The van der Waals surface area contributed by atoms with Gasteiger partial charge in [0.1, 0.15) is 0 Å². The van der Waals surface area contributed by atoms with E-state index in [-0.39, 0.29) is 0 Å². The Labute approximate surface area is 170 Å². The minimum Gasteiger partial charge on any atom is -0.342 e. The third-order valence-electron chi connectivity index (χ3n) is 6.33. The van der Waals surface area contributed by atoms with E-state index in [0.29, 0.717) is 11.8 Å². The first-order valence-electron chi connectivity index (χ1n) is 12.6. The zero-order valence-electron chi connectivity index (χ0n) is 18.8. The van der Waals surface area contributed by atoms with Crippen LogP contribution in [0.15, 0.2) is 0 Å². The van der Waals surface area contributed by atoms with E-state index in [2.05, 4.69) is 18.7 Å². The van der Waals surface area contributed by atoms with Crippen molar-refractivity contribution >= 4 is 5.91 Å². The Hall–Kier alpha value is -0.530. The lowest BCUT2D eigenvalue weighted by atomic mass is 9.88. The van der Waals surface area contributed by atoms with Crippen LogP contribution < -0.4 is 0 Å². The number of hydrogen-bond acceptors (Lipinski definition) is 1. The SMILES string of the molecule is CCCCCCCCCN(CCCCCCCCC)C(=O)C1CCCCC1. The van der Waals surface area contributed by atoms with Crippen molar-refractivity contribution in [3.05, 3.63) is 0 Å². The number of carbonyl (C=O) groups excluding carboxylic acids is 1. The number of carbonyl (C=O) groups is 1. The van der Waals surface area contributed by atoms with Crippen molar-refractivity contribution in [2.24, 2.45) is 5.92 Å². The fraction of sp³-hybridized carbons (Fsp3) is 0.960. The van der Waals surface area contributed by atoms with Gasteiger partial charge in [-0.15, -0.1) is 0 Å². The van der Waals surface area contributed by atoms with E-state index in [1.165, 1.54) is 109 Å². The molecule has 0 unspecified atom stereocenters. The lowest BCUT2D eigenvalue weighted by Gasteiger charge is -2.29. The van der Waals surface area contributed by atoms with Crippen LogP contribution in [0.4, 0.5) is 0 Å². The highest BCUT2D eigenvalue weighted by atomic mass is 16.2. The Morgan fingerprint density at radius 3 is 1.48 bits per heavy atom. The van der Waals surface area contributed by atoms with E-state index in [4.69, 9.17) is 0 Å². The quantitative estimate of drug-likeness (QED) is 0.235. The fourth-order valence-electron chi connectivity index (χ4n) is 4.46. The van der Waals surface area contributed by atoms with E-state index in [1.807, 2.05) is 0 Å². The fourth-order valence-corrected chi connectivity index (χ4v) is 4.46. The van der Waals surface area contributed by atoms with Crippen molar-refractivity contribution in [3.63, 3.8) is 0 Å². The summed E-state index contributed by atoms with van der Waals surface area (Å²) in [5.41, 5.74) is 0. The van der Waals surface area contributed by atoms with Crippen LogP contribution >= 0.6 is 0 Å². The molecule has 0 aromatic carbocycles. The second kappa shape index (κ2) is 17.6. The number of amides is 1. The predicted molar refractivity (Wildman–Crippen MR) is 119 cm³/mol. The number of nitrogens with zero attached hydrogens (tertiary/aromatic N) is 1. The van der Waals surface area contributed by atoms with Gasteiger partial charge in [0.05, 0.1) is 0 Å². The lowest BCUT2D eigenvalue weighted by molar-refractivity contribution is -0.136. The van der Waals surface area contributed by atoms with Crippen LogP contribution in [0.3, 0.4) is 0 Å². The number of rotatable bonds is 17. The van der Waals surface area contributed by atoms with Gasteiger partial charge in [0.2, 0.25) is 5.91 Å². The molecule has 0 spiro atoms. The molecule has 0 heterocycles. The molecule has 1 aliphatic carbocycles. The highest BCUT2D eigenvalue weighted by molar-refractivity contribution is 5.78. The molecule has 0 aromatic heterocycles. The first kappa shape index (κ1) is 24.5. The molecule has 0 atom stereocenters. The summed E-state index contributed by atoms with van der Waals surface area (Å²) in [6.45, 7) is 6.58.